The number of aliphatic imine (C=N–C) groups is 1. The van der Waals surface area contributed by atoms with E-state index in [4.69, 9.17) is 0 Å². The zero-order valence-electron chi connectivity index (χ0n) is 23.9. The smallest absolute Gasteiger partial charge is 0.0547 e. The molecule has 3 heteroatoms. The second-order valence-electron chi connectivity index (χ2n) is 11.0. The maximum absolute atomic E-state index is 3.99. The SMILES string of the molecule is C=N/C=C\c1c(C)c2ccc(-c3ccc4c5ccccc5n(-c5ccc6ccccc6c5)c4c3)cc2n1-c1ccccc1. The molecule has 0 radical (unpaired) electrons. The van der Waals surface area contributed by atoms with E-state index >= 15 is 0 Å². The number of nitrogens with zero attached hydrogens (tertiary/aromatic N) is 3. The molecule has 0 N–H and O–H groups in total. The first kappa shape index (κ1) is 25.1. The van der Waals surface area contributed by atoms with Gasteiger partial charge in [-0.3, -0.25) is 4.99 Å². The predicted molar refractivity (Wildman–Crippen MR) is 184 cm³/mol. The van der Waals surface area contributed by atoms with Crippen LogP contribution in [0, 0.1) is 6.92 Å². The van der Waals surface area contributed by atoms with Gasteiger partial charge >= 0.3 is 0 Å². The Morgan fingerprint density at radius 2 is 1.19 bits per heavy atom. The summed E-state index contributed by atoms with van der Waals surface area (Å²) in [7, 11) is 0. The molecule has 0 aliphatic heterocycles. The lowest BCUT2D eigenvalue weighted by molar-refractivity contribution is 1.10. The van der Waals surface area contributed by atoms with Gasteiger partial charge < -0.3 is 9.13 Å². The Kier molecular flexibility index (Phi) is 5.83. The topological polar surface area (TPSA) is 22.2 Å². The van der Waals surface area contributed by atoms with Crippen LogP contribution in [0.5, 0.6) is 0 Å². The highest BCUT2D eigenvalue weighted by atomic mass is 15.0. The normalized spacial score (nSPS) is 11.8. The zero-order chi connectivity index (χ0) is 28.9. The van der Waals surface area contributed by atoms with Crippen LogP contribution in [0.4, 0.5) is 0 Å². The summed E-state index contributed by atoms with van der Waals surface area (Å²) in [5, 5.41) is 6.22. The standard InChI is InChI=1S/C40H29N3/c1-27-34-20-17-30(25-39(34)42(37(27)22-23-41-2)32-12-4-3-5-13-32)31-18-21-36-35-14-8-9-15-38(35)43(40(36)26-31)33-19-16-28-10-6-7-11-29(28)24-33/h3-26H,2H2,1H3/b23-22-. The van der Waals surface area contributed by atoms with Crippen molar-refractivity contribution in [1.82, 2.24) is 9.13 Å². The van der Waals surface area contributed by atoms with Crippen LogP contribution in [-0.4, -0.2) is 15.9 Å². The third-order valence-corrected chi connectivity index (χ3v) is 8.62. The van der Waals surface area contributed by atoms with E-state index in [2.05, 4.69) is 161 Å². The lowest BCUT2D eigenvalue weighted by Crippen LogP contribution is -1.97. The van der Waals surface area contributed by atoms with Gasteiger partial charge in [-0.25, -0.2) is 0 Å². The van der Waals surface area contributed by atoms with Crippen LogP contribution in [0.15, 0.2) is 145 Å². The molecular formula is C40H29N3. The van der Waals surface area contributed by atoms with Gasteiger partial charge in [0.25, 0.3) is 0 Å². The largest absolute Gasteiger partial charge is 0.310 e. The summed E-state index contributed by atoms with van der Waals surface area (Å²) >= 11 is 0. The number of fused-ring (bicyclic) bond motifs is 5. The minimum atomic E-state index is 1.11. The van der Waals surface area contributed by atoms with Crippen molar-refractivity contribution >= 4 is 56.3 Å². The van der Waals surface area contributed by atoms with Crippen LogP contribution in [0.2, 0.25) is 0 Å². The first-order valence-electron chi connectivity index (χ1n) is 14.6. The van der Waals surface area contributed by atoms with Gasteiger partial charge in [0.15, 0.2) is 0 Å². The van der Waals surface area contributed by atoms with Crippen molar-refractivity contribution in [3.8, 4) is 22.5 Å². The van der Waals surface area contributed by atoms with Gasteiger partial charge in [-0.15, -0.1) is 0 Å². The van der Waals surface area contributed by atoms with Gasteiger partial charge in [-0.1, -0.05) is 91.0 Å². The fourth-order valence-corrected chi connectivity index (χ4v) is 6.57. The summed E-state index contributed by atoms with van der Waals surface area (Å²) in [5.41, 5.74) is 10.5. The molecular weight excluding hydrogens is 522 g/mol. The Morgan fingerprint density at radius 1 is 0.535 bits per heavy atom. The van der Waals surface area contributed by atoms with E-state index in [1.807, 2.05) is 6.08 Å². The summed E-state index contributed by atoms with van der Waals surface area (Å²) < 4.78 is 4.72. The number of hydrogen-bond donors (Lipinski definition) is 0. The van der Waals surface area contributed by atoms with E-state index in [1.165, 1.54) is 65.9 Å². The summed E-state index contributed by atoms with van der Waals surface area (Å²) in [6, 6.07) is 48.2. The van der Waals surface area contributed by atoms with Crippen molar-refractivity contribution in [2.45, 2.75) is 6.92 Å². The molecule has 204 valence electrons. The molecule has 8 aromatic rings. The number of rotatable bonds is 5. The second-order valence-corrected chi connectivity index (χ2v) is 11.0. The van der Waals surface area contributed by atoms with Crippen LogP contribution in [0.3, 0.4) is 0 Å². The third-order valence-electron chi connectivity index (χ3n) is 8.62. The molecule has 0 unspecified atom stereocenters. The van der Waals surface area contributed by atoms with Crippen LogP contribution >= 0.6 is 0 Å². The quantitative estimate of drug-likeness (QED) is 0.190. The zero-order valence-corrected chi connectivity index (χ0v) is 23.9. The van der Waals surface area contributed by atoms with Crippen LogP contribution in [-0.2, 0) is 0 Å². The lowest BCUT2D eigenvalue weighted by atomic mass is 10.0. The first-order valence-corrected chi connectivity index (χ1v) is 14.6. The minimum absolute atomic E-state index is 1.11. The maximum Gasteiger partial charge on any atom is 0.0547 e. The Bertz CT molecular complexity index is 2370. The molecule has 6 aromatic carbocycles. The van der Waals surface area contributed by atoms with Gasteiger partial charge in [-0.2, -0.15) is 0 Å². The molecule has 0 amide bonds. The molecule has 0 saturated carbocycles. The molecule has 0 aliphatic carbocycles. The molecule has 2 aromatic heterocycles. The van der Waals surface area contributed by atoms with Gasteiger partial charge in [-0.05, 0) is 89.6 Å². The molecule has 0 aliphatic rings. The van der Waals surface area contributed by atoms with Gasteiger partial charge in [0.05, 0.1) is 22.2 Å². The Balaban J connectivity index is 1.37. The van der Waals surface area contributed by atoms with E-state index in [0.29, 0.717) is 0 Å². The average Bonchev–Trinajstić information content (AvgIpc) is 3.54. The molecule has 0 spiro atoms. The Labute approximate surface area is 250 Å². The molecule has 8 rings (SSSR count). The van der Waals surface area contributed by atoms with Crippen molar-refractivity contribution < 1.29 is 0 Å². The van der Waals surface area contributed by atoms with E-state index < -0.39 is 0 Å². The van der Waals surface area contributed by atoms with Crippen molar-refractivity contribution in [2.75, 3.05) is 0 Å². The van der Waals surface area contributed by atoms with Gasteiger partial charge in [0, 0.05) is 33.7 Å². The lowest BCUT2D eigenvalue weighted by Gasteiger charge is -2.11. The van der Waals surface area contributed by atoms with Crippen LogP contribution < -0.4 is 0 Å². The summed E-state index contributed by atoms with van der Waals surface area (Å²) in [6.07, 6.45) is 3.81. The van der Waals surface area contributed by atoms with E-state index in [9.17, 15) is 0 Å². The molecule has 0 bridgehead atoms. The summed E-state index contributed by atoms with van der Waals surface area (Å²) in [4.78, 5) is 3.99. The summed E-state index contributed by atoms with van der Waals surface area (Å²) in [5.74, 6) is 0. The van der Waals surface area contributed by atoms with E-state index in [0.717, 1.165) is 11.4 Å². The Morgan fingerprint density at radius 3 is 1.98 bits per heavy atom. The summed E-state index contributed by atoms with van der Waals surface area (Å²) in [6.45, 7) is 5.83. The molecule has 43 heavy (non-hydrogen) atoms. The van der Waals surface area contributed by atoms with E-state index in [-0.39, 0.29) is 0 Å². The molecule has 2 heterocycles. The number of benzene rings is 6. The number of aryl methyl sites for hydroxylation is 1. The van der Waals surface area contributed by atoms with Gasteiger partial charge in [0.2, 0.25) is 0 Å². The van der Waals surface area contributed by atoms with Crippen molar-refractivity contribution in [3.05, 3.63) is 151 Å². The highest BCUT2D eigenvalue weighted by Crippen LogP contribution is 2.37. The van der Waals surface area contributed by atoms with Crippen LogP contribution in [0.25, 0.3) is 72.1 Å². The first-order chi connectivity index (χ1) is 21.2. The van der Waals surface area contributed by atoms with E-state index in [1.54, 1.807) is 6.20 Å². The number of aromatic nitrogens is 2. The third kappa shape index (κ3) is 4.01. The van der Waals surface area contributed by atoms with Crippen molar-refractivity contribution in [3.63, 3.8) is 0 Å². The highest BCUT2D eigenvalue weighted by molar-refractivity contribution is 6.10. The minimum Gasteiger partial charge on any atom is -0.310 e. The average molecular weight is 552 g/mol. The fraction of sp³-hybridized carbons (Fsp3) is 0.0250. The van der Waals surface area contributed by atoms with Crippen LogP contribution in [0.1, 0.15) is 11.3 Å². The monoisotopic (exact) mass is 551 g/mol. The van der Waals surface area contributed by atoms with Crippen molar-refractivity contribution in [2.24, 2.45) is 4.99 Å². The number of hydrogen-bond acceptors (Lipinski definition) is 1. The van der Waals surface area contributed by atoms with Gasteiger partial charge in [0.1, 0.15) is 0 Å². The highest BCUT2D eigenvalue weighted by Gasteiger charge is 2.17. The second kappa shape index (κ2) is 10.0. The molecule has 0 fully saturated rings. The van der Waals surface area contributed by atoms with Crippen molar-refractivity contribution in [1.29, 1.82) is 0 Å². The number of para-hydroxylation sites is 2. The molecule has 3 nitrogen and oxygen atoms in total. The predicted octanol–water partition coefficient (Wildman–Crippen LogP) is 10.5. The fourth-order valence-electron chi connectivity index (χ4n) is 6.57. The molecule has 0 saturated heterocycles. The Hall–Kier alpha value is -5.67. The maximum atomic E-state index is 3.99. The molecule has 0 atom stereocenters.